The van der Waals surface area contributed by atoms with E-state index in [1.54, 1.807) is 5.19 Å². The van der Waals surface area contributed by atoms with Crippen LogP contribution in [0.5, 0.6) is 0 Å². The van der Waals surface area contributed by atoms with Crippen molar-refractivity contribution in [1.82, 2.24) is 0 Å². The molecule has 0 amide bonds. The van der Waals surface area contributed by atoms with Gasteiger partial charge in [-0.05, 0) is 172 Å². The fourth-order valence-electron chi connectivity index (χ4n) is 10.9. The highest BCUT2D eigenvalue weighted by molar-refractivity contribution is 7.35. The molecule has 1 heterocycles. The Bertz CT molecular complexity index is 1130. The molecule has 10 aliphatic rings. The normalized spacial score (nSPS) is 41.3. The van der Waals surface area contributed by atoms with Crippen LogP contribution in [0, 0.1) is 56.3 Å². The van der Waals surface area contributed by atoms with E-state index in [-0.39, 0.29) is 0 Å². The minimum Gasteiger partial charge on any atom is -0.149 e. The van der Waals surface area contributed by atoms with Crippen molar-refractivity contribution in [2.45, 2.75) is 97.8 Å². The summed E-state index contributed by atoms with van der Waals surface area (Å²) in [5.41, 5.74) is 12.0. The molecule has 6 bridgehead atoms. The van der Waals surface area contributed by atoms with Gasteiger partial charge in [0.2, 0.25) is 7.38 Å². The fourth-order valence-corrected chi connectivity index (χ4v) is 18.5. The van der Waals surface area contributed by atoms with Crippen LogP contribution in [-0.2, 0) is 0 Å². The summed E-state index contributed by atoms with van der Waals surface area (Å²) < 4.78 is 0. The molecule has 9 aliphatic carbocycles. The second-order valence-electron chi connectivity index (χ2n) is 13.6. The zero-order valence-corrected chi connectivity index (χ0v) is 23.7. The highest BCUT2D eigenvalue weighted by Crippen LogP contribution is 2.65. The Morgan fingerprint density at radius 2 is 0.829 bits per heavy atom. The maximum atomic E-state index is 8.68. The largest absolute Gasteiger partial charge is 0.241 e. The van der Waals surface area contributed by atoms with E-state index in [4.69, 9.17) is 11.1 Å². The Hall–Kier alpha value is -1.05. The number of hydrogen-bond acceptors (Lipinski definition) is 0. The van der Waals surface area contributed by atoms with Gasteiger partial charge in [-0.2, -0.15) is 0 Å². The van der Waals surface area contributed by atoms with Gasteiger partial charge in [0.15, 0.2) is 0 Å². The van der Waals surface area contributed by atoms with E-state index in [2.05, 4.69) is 32.9 Å². The molecular formula is C33H41ClSi. The molecule has 1 aliphatic heterocycles. The summed E-state index contributed by atoms with van der Waals surface area (Å²) in [7, 11) is -2.54. The van der Waals surface area contributed by atoms with Gasteiger partial charge < -0.3 is 0 Å². The standard InChI is InChI=1S/C33H41ClSi/c1-18-16-19(2)31(20(3)17-18)35(34)32-25-12-8-23(9-13-25)29(32)27-21-4-5-22(7-6-21)28(27)30-24-10-14-26(15-11-24)33(30)35/h16-17,21-26H,4-15H2,1-3H3. The van der Waals surface area contributed by atoms with Crippen molar-refractivity contribution >= 4 is 23.6 Å². The number of halogens is 1. The SMILES string of the molecule is Cc1cc(C)c([Si]2(Cl)C3=C(C4=C(C5=C2C2CCC5CC2)C2CCC4CC2)C2CCC3CC2)c(C)c1. The number of benzene rings is 1. The molecule has 0 aromatic heterocycles. The molecule has 35 heavy (non-hydrogen) atoms. The third-order valence-electron chi connectivity index (χ3n) is 11.8. The van der Waals surface area contributed by atoms with Crippen LogP contribution >= 0.6 is 11.1 Å². The van der Waals surface area contributed by atoms with Gasteiger partial charge in [-0.15, -0.1) is 11.1 Å². The lowest BCUT2D eigenvalue weighted by Crippen LogP contribution is -2.57. The van der Waals surface area contributed by atoms with Crippen molar-refractivity contribution in [2.75, 3.05) is 0 Å². The summed E-state index contributed by atoms with van der Waals surface area (Å²) in [6.45, 7) is 7.08. The van der Waals surface area contributed by atoms with Crippen LogP contribution in [0.3, 0.4) is 0 Å². The maximum Gasteiger partial charge on any atom is 0.241 e. The zero-order valence-electron chi connectivity index (χ0n) is 22.0. The molecule has 1 aromatic rings. The molecule has 0 saturated heterocycles. The lowest BCUT2D eigenvalue weighted by molar-refractivity contribution is 0.260. The van der Waals surface area contributed by atoms with Crippen LogP contribution in [0.2, 0.25) is 0 Å². The second-order valence-corrected chi connectivity index (χ2v) is 18.2. The first-order valence-corrected chi connectivity index (χ1v) is 18.0. The van der Waals surface area contributed by atoms with E-state index in [9.17, 15) is 0 Å². The molecule has 0 radical (unpaired) electrons. The van der Waals surface area contributed by atoms with Crippen LogP contribution in [0.25, 0.3) is 0 Å². The predicted molar refractivity (Wildman–Crippen MR) is 149 cm³/mol. The highest BCUT2D eigenvalue weighted by atomic mass is 35.6. The van der Waals surface area contributed by atoms with Gasteiger partial charge in [-0.25, -0.2) is 0 Å². The number of aryl methyl sites for hydroxylation is 3. The van der Waals surface area contributed by atoms with E-state index in [1.807, 2.05) is 32.7 Å². The third kappa shape index (κ3) is 2.76. The van der Waals surface area contributed by atoms with Gasteiger partial charge in [0, 0.05) is 0 Å². The van der Waals surface area contributed by atoms with Gasteiger partial charge in [0.25, 0.3) is 0 Å². The van der Waals surface area contributed by atoms with Crippen LogP contribution in [0.15, 0.2) is 44.8 Å². The Kier molecular flexibility index (Phi) is 4.71. The molecular weight excluding hydrogens is 460 g/mol. The summed E-state index contributed by atoms with van der Waals surface area (Å²) in [6.07, 6.45) is 17.2. The fraction of sp³-hybridized carbons (Fsp3) is 0.636. The molecule has 0 nitrogen and oxygen atoms in total. The van der Waals surface area contributed by atoms with Crippen LogP contribution in [0.4, 0.5) is 0 Å². The smallest absolute Gasteiger partial charge is 0.149 e. The van der Waals surface area contributed by atoms with Crippen molar-refractivity contribution in [1.29, 1.82) is 0 Å². The van der Waals surface area contributed by atoms with Crippen molar-refractivity contribution in [3.05, 3.63) is 61.5 Å². The van der Waals surface area contributed by atoms with Crippen molar-refractivity contribution in [3.63, 3.8) is 0 Å². The minimum atomic E-state index is -2.54. The van der Waals surface area contributed by atoms with E-state index < -0.39 is 7.38 Å². The van der Waals surface area contributed by atoms with Crippen LogP contribution in [-0.4, -0.2) is 7.38 Å². The van der Waals surface area contributed by atoms with E-state index >= 15 is 0 Å². The molecule has 0 unspecified atom stereocenters. The first-order valence-electron chi connectivity index (χ1n) is 15.0. The summed E-state index contributed by atoms with van der Waals surface area (Å²) >= 11 is 8.68. The molecule has 0 atom stereocenters. The average Bonchev–Trinajstić information content (AvgIpc) is 3.00. The third-order valence-corrected chi connectivity index (χ3v) is 18.0. The molecule has 3 fully saturated rings. The van der Waals surface area contributed by atoms with Crippen molar-refractivity contribution < 1.29 is 0 Å². The first kappa shape index (κ1) is 22.0. The van der Waals surface area contributed by atoms with Gasteiger partial charge in [-0.1, -0.05) is 28.1 Å². The summed E-state index contributed by atoms with van der Waals surface area (Å²) in [5, 5.41) is 5.36. The van der Waals surface area contributed by atoms with Gasteiger partial charge in [0.05, 0.1) is 0 Å². The maximum absolute atomic E-state index is 8.68. The molecule has 1 aromatic carbocycles. The van der Waals surface area contributed by atoms with Crippen molar-refractivity contribution in [2.24, 2.45) is 35.5 Å². The average molecular weight is 501 g/mol. The second kappa shape index (κ2) is 7.50. The van der Waals surface area contributed by atoms with Gasteiger partial charge >= 0.3 is 0 Å². The quantitative estimate of drug-likeness (QED) is 0.268. The molecule has 184 valence electrons. The van der Waals surface area contributed by atoms with E-state index in [1.165, 1.54) is 93.7 Å². The van der Waals surface area contributed by atoms with Crippen molar-refractivity contribution in [3.8, 4) is 0 Å². The zero-order chi connectivity index (χ0) is 23.6. The Balaban J connectivity index is 1.54. The number of hydrogen-bond donors (Lipinski definition) is 0. The van der Waals surface area contributed by atoms with Crippen LogP contribution < -0.4 is 5.19 Å². The molecule has 0 N–H and O–H groups in total. The number of rotatable bonds is 1. The minimum absolute atomic E-state index is 0.751. The number of fused-ring (bicyclic) bond motifs is 6. The molecule has 0 spiro atoms. The summed E-state index contributed by atoms with van der Waals surface area (Å²) in [4.78, 5) is 0. The topological polar surface area (TPSA) is 0 Å². The van der Waals surface area contributed by atoms with Gasteiger partial charge in [-0.3, -0.25) is 0 Å². The summed E-state index contributed by atoms with van der Waals surface area (Å²) in [5.74, 6) is 4.77. The van der Waals surface area contributed by atoms with E-state index in [0.717, 1.165) is 35.5 Å². The molecule has 3 saturated carbocycles. The Morgan fingerprint density at radius 1 is 0.514 bits per heavy atom. The Labute approximate surface area is 218 Å². The first-order chi connectivity index (χ1) is 17.0. The molecule has 2 heteroatoms. The van der Waals surface area contributed by atoms with Crippen LogP contribution in [0.1, 0.15) is 93.7 Å². The predicted octanol–water partition coefficient (Wildman–Crippen LogP) is 8.44. The Morgan fingerprint density at radius 3 is 1.20 bits per heavy atom. The van der Waals surface area contributed by atoms with Gasteiger partial charge in [0.1, 0.15) is 0 Å². The lowest BCUT2D eigenvalue weighted by atomic mass is 9.56. The highest BCUT2D eigenvalue weighted by Gasteiger charge is 2.59. The lowest BCUT2D eigenvalue weighted by Gasteiger charge is -2.50. The van der Waals surface area contributed by atoms with E-state index in [0.29, 0.717) is 0 Å². The molecule has 11 rings (SSSR count). The summed E-state index contributed by atoms with van der Waals surface area (Å²) in [6, 6.07) is 4.92. The monoisotopic (exact) mass is 500 g/mol. The number of allylic oxidation sites excluding steroid dienone is 6.